The Morgan fingerprint density at radius 3 is 2.48 bits per heavy atom. The maximum atomic E-state index is 11.5. The van der Waals surface area contributed by atoms with Gasteiger partial charge in [-0.15, -0.1) is 0 Å². The molecule has 3 aromatic rings. The minimum atomic E-state index is -0.319. The minimum Gasteiger partial charge on any atom is -0.378 e. The van der Waals surface area contributed by atoms with Crippen molar-refractivity contribution in [3.05, 3.63) is 66.4 Å². The maximum Gasteiger partial charge on any atom is 0.238 e. The van der Waals surface area contributed by atoms with Crippen LogP contribution in [0.15, 0.2) is 60.8 Å². The van der Waals surface area contributed by atoms with Crippen LogP contribution in [0.2, 0.25) is 0 Å². The topological polar surface area (TPSA) is 115 Å². The lowest BCUT2D eigenvalue weighted by atomic mass is 10.2. The van der Waals surface area contributed by atoms with Crippen molar-refractivity contribution in [2.75, 3.05) is 47.2 Å². The summed E-state index contributed by atoms with van der Waals surface area (Å²) >= 11 is 0. The number of anilines is 5. The number of carbonyl (C=O) groups excluding carboxylic acids is 1. The third kappa shape index (κ3) is 6.41. The highest BCUT2D eigenvalue weighted by Crippen LogP contribution is 2.21. The number of nitriles is 1. The Bertz CT molecular complexity index is 1100. The van der Waals surface area contributed by atoms with E-state index in [1.54, 1.807) is 18.3 Å². The number of rotatable bonds is 8. The number of nitrogens with one attached hydrogen (secondary N) is 3. The summed E-state index contributed by atoms with van der Waals surface area (Å²) in [5.41, 5.74) is 3.78. The van der Waals surface area contributed by atoms with Gasteiger partial charge < -0.3 is 25.6 Å². The van der Waals surface area contributed by atoms with E-state index in [2.05, 4.69) is 43.0 Å². The van der Waals surface area contributed by atoms with Gasteiger partial charge in [0, 0.05) is 42.9 Å². The second-order valence-corrected chi connectivity index (χ2v) is 7.47. The highest BCUT2D eigenvalue weighted by Gasteiger charge is 2.11. The van der Waals surface area contributed by atoms with Gasteiger partial charge in [-0.25, -0.2) is 4.98 Å². The van der Waals surface area contributed by atoms with Crippen LogP contribution in [0.4, 0.5) is 28.8 Å². The van der Waals surface area contributed by atoms with E-state index in [1.807, 2.05) is 36.4 Å². The lowest BCUT2D eigenvalue weighted by Crippen LogP contribution is -2.36. The van der Waals surface area contributed by atoms with E-state index >= 15 is 0 Å². The Kier molecular flexibility index (Phi) is 7.30. The van der Waals surface area contributed by atoms with Gasteiger partial charge in [-0.3, -0.25) is 4.79 Å². The average molecular weight is 444 g/mol. The highest BCUT2D eigenvalue weighted by molar-refractivity contribution is 5.92. The van der Waals surface area contributed by atoms with Crippen molar-refractivity contribution in [3.8, 4) is 6.07 Å². The van der Waals surface area contributed by atoms with Gasteiger partial charge in [0.1, 0.15) is 12.2 Å². The first kappa shape index (κ1) is 22.0. The van der Waals surface area contributed by atoms with Crippen molar-refractivity contribution in [1.29, 1.82) is 5.26 Å². The predicted octanol–water partition coefficient (Wildman–Crippen LogP) is 3.52. The molecule has 4 rings (SSSR count). The second-order valence-electron chi connectivity index (χ2n) is 7.47. The van der Waals surface area contributed by atoms with Gasteiger partial charge >= 0.3 is 0 Å². The van der Waals surface area contributed by atoms with Gasteiger partial charge in [0.15, 0.2) is 0 Å². The van der Waals surface area contributed by atoms with E-state index in [1.165, 1.54) is 5.69 Å². The van der Waals surface area contributed by atoms with E-state index < -0.39 is 0 Å². The zero-order valence-corrected chi connectivity index (χ0v) is 18.1. The molecule has 1 fully saturated rings. The molecule has 1 aromatic heterocycles. The monoisotopic (exact) mass is 443 g/mol. The number of hydrogen-bond acceptors (Lipinski definition) is 8. The van der Waals surface area contributed by atoms with E-state index in [9.17, 15) is 4.79 Å². The molecule has 0 radical (unpaired) electrons. The van der Waals surface area contributed by atoms with Crippen LogP contribution in [0, 0.1) is 11.3 Å². The predicted molar refractivity (Wildman–Crippen MR) is 127 cm³/mol. The first-order valence-corrected chi connectivity index (χ1v) is 10.7. The normalized spacial score (nSPS) is 13.1. The molecule has 168 valence electrons. The van der Waals surface area contributed by atoms with Gasteiger partial charge in [0.05, 0.1) is 19.3 Å². The van der Waals surface area contributed by atoms with Crippen LogP contribution < -0.4 is 20.9 Å². The molecule has 1 saturated heterocycles. The first-order chi connectivity index (χ1) is 16.2. The molecule has 1 aliphatic rings. The quantitative estimate of drug-likeness (QED) is 0.484. The van der Waals surface area contributed by atoms with Crippen LogP contribution in [-0.4, -0.2) is 42.2 Å². The SMILES string of the molecule is N#CCC(=O)Nc1ccc(CNc2ccnc(Nc3ccc(N4CCOCC4)cc3)n2)cc1. The van der Waals surface area contributed by atoms with Crippen molar-refractivity contribution < 1.29 is 9.53 Å². The lowest BCUT2D eigenvalue weighted by Gasteiger charge is -2.28. The van der Waals surface area contributed by atoms with Crippen LogP contribution >= 0.6 is 0 Å². The van der Waals surface area contributed by atoms with Gasteiger partial charge in [-0.1, -0.05) is 12.1 Å². The summed E-state index contributed by atoms with van der Waals surface area (Å²) in [5.74, 6) is 0.888. The van der Waals surface area contributed by atoms with E-state index in [-0.39, 0.29) is 12.3 Å². The molecule has 3 N–H and O–H groups in total. The van der Waals surface area contributed by atoms with Crippen LogP contribution in [0.1, 0.15) is 12.0 Å². The number of nitrogens with zero attached hydrogens (tertiary/aromatic N) is 4. The molecule has 2 heterocycles. The standard InChI is InChI=1S/C24H25N7O2/c25-11-9-23(32)28-19-3-1-18(2-4-19)17-27-22-10-12-26-24(30-22)29-20-5-7-21(8-6-20)31-13-15-33-16-14-31/h1-8,10,12H,9,13-17H2,(H,28,32)(H2,26,27,29,30). The zero-order valence-electron chi connectivity index (χ0n) is 18.1. The van der Waals surface area contributed by atoms with Crippen LogP contribution in [0.3, 0.4) is 0 Å². The largest absolute Gasteiger partial charge is 0.378 e. The summed E-state index contributed by atoms with van der Waals surface area (Å²) in [5, 5.41) is 17.8. The smallest absolute Gasteiger partial charge is 0.238 e. The number of aromatic nitrogens is 2. The molecular weight excluding hydrogens is 418 g/mol. The molecule has 0 atom stereocenters. The fraction of sp³-hybridized carbons (Fsp3) is 0.250. The van der Waals surface area contributed by atoms with Crippen molar-refractivity contribution in [3.63, 3.8) is 0 Å². The minimum absolute atomic E-state index is 0.161. The Morgan fingerprint density at radius 1 is 1.03 bits per heavy atom. The van der Waals surface area contributed by atoms with Crippen LogP contribution in [-0.2, 0) is 16.1 Å². The summed E-state index contributed by atoms with van der Waals surface area (Å²) in [4.78, 5) is 22.6. The van der Waals surface area contributed by atoms with E-state index in [0.29, 0.717) is 24.0 Å². The summed E-state index contributed by atoms with van der Waals surface area (Å²) < 4.78 is 5.41. The molecule has 0 unspecified atom stereocenters. The Hall–Kier alpha value is -4.16. The number of ether oxygens (including phenoxy) is 1. The molecule has 0 saturated carbocycles. The number of amides is 1. The number of benzene rings is 2. The second kappa shape index (κ2) is 10.9. The van der Waals surface area contributed by atoms with Gasteiger partial charge in [-0.05, 0) is 48.0 Å². The molecule has 0 aliphatic carbocycles. The molecule has 1 aliphatic heterocycles. The molecule has 0 spiro atoms. The van der Waals surface area contributed by atoms with Gasteiger partial charge in [-0.2, -0.15) is 10.2 Å². The van der Waals surface area contributed by atoms with Crippen molar-refractivity contribution >= 4 is 34.7 Å². The molecule has 33 heavy (non-hydrogen) atoms. The zero-order chi connectivity index (χ0) is 22.9. The Labute approximate surface area is 192 Å². The third-order valence-corrected chi connectivity index (χ3v) is 5.11. The molecule has 9 nitrogen and oxygen atoms in total. The summed E-state index contributed by atoms with van der Waals surface area (Å²) in [6, 6.07) is 19.3. The molecule has 2 aromatic carbocycles. The Balaban J connectivity index is 1.31. The van der Waals surface area contributed by atoms with Crippen LogP contribution in [0.5, 0.6) is 0 Å². The summed E-state index contributed by atoms with van der Waals surface area (Å²) in [6.45, 7) is 3.90. The highest BCUT2D eigenvalue weighted by atomic mass is 16.5. The fourth-order valence-corrected chi connectivity index (χ4v) is 3.40. The maximum absolute atomic E-state index is 11.5. The lowest BCUT2D eigenvalue weighted by molar-refractivity contribution is -0.115. The molecule has 0 bridgehead atoms. The van der Waals surface area contributed by atoms with Gasteiger partial charge in [0.25, 0.3) is 0 Å². The number of carbonyl (C=O) groups is 1. The first-order valence-electron chi connectivity index (χ1n) is 10.7. The molecule has 1 amide bonds. The average Bonchev–Trinajstić information content (AvgIpc) is 2.85. The van der Waals surface area contributed by atoms with Crippen molar-refractivity contribution in [1.82, 2.24) is 9.97 Å². The van der Waals surface area contributed by atoms with Crippen molar-refractivity contribution in [2.45, 2.75) is 13.0 Å². The summed E-state index contributed by atoms with van der Waals surface area (Å²) in [6.07, 6.45) is 1.54. The van der Waals surface area contributed by atoms with Gasteiger partial charge in [0.2, 0.25) is 11.9 Å². The fourth-order valence-electron chi connectivity index (χ4n) is 3.40. The molecule has 9 heteroatoms. The van der Waals surface area contributed by atoms with Crippen molar-refractivity contribution in [2.24, 2.45) is 0 Å². The number of morpholine rings is 1. The third-order valence-electron chi connectivity index (χ3n) is 5.11. The van der Waals surface area contributed by atoms with E-state index in [4.69, 9.17) is 10.00 Å². The van der Waals surface area contributed by atoms with Crippen LogP contribution in [0.25, 0.3) is 0 Å². The number of hydrogen-bond donors (Lipinski definition) is 3. The molecular formula is C24H25N7O2. The summed E-state index contributed by atoms with van der Waals surface area (Å²) in [7, 11) is 0. The van der Waals surface area contributed by atoms with E-state index in [0.717, 1.165) is 37.6 Å². The Morgan fingerprint density at radius 2 is 1.76 bits per heavy atom.